The van der Waals surface area contributed by atoms with E-state index in [-0.39, 0.29) is 17.9 Å². The zero-order valence-corrected chi connectivity index (χ0v) is 17.6. The molecule has 2 fully saturated rings. The molecule has 0 aromatic carbocycles. The van der Waals surface area contributed by atoms with Gasteiger partial charge in [-0.15, -0.1) is 0 Å². The summed E-state index contributed by atoms with van der Waals surface area (Å²) in [5.41, 5.74) is 3.31. The number of nitrogens with zero attached hydrogens (tertiary/aromatic N) is 5. The summed E-state index contributed by atoms with van der Waals surface area (Å²) in [6, 6.07) is 4.31. The minimum absolute atomic E-state index is 0.0667. The van der Waals surface area contributed by atoms with Crippen molar-refractivity contribution < 1.29 is 4.79 Å². The molecule has 1 atom stereocenters. The lowest BCUT2D eigenvalue weighted by molar-refractivity contribution is -0.147. The van der Waals surface area contributed by atoms with Crippen LogP contribution in [0.5, 0.6) is 0 Å². The molecule has 0 radical (unpaired) electrons. The maximum atomic E-state index is 12.4. The Bertz CT molecular complexity index is 892. The summed E-state index contributed by atoms with van der Waals surface area (Å²) in [6.45, 7) is 8.62. The number of rotatable bonds is 5. The fraction of sp³-hybridized carbons (Fsp3) is 0.565. The van der Waals surface area contributed by atoms with Crippen molar-refractivity contribution in [2.45, 2.75) is 58.4 Å². The summed E-state index contributed by atoms with van der Waals surface area (Å²) >= 11 is 0. The Morgan fingerprint density at radius 3 is 2.72 bits per heavy atom. The molecule has 1 spiro atoms. The zero-order chi connectivity index (χ0) is 21.0. The molecule has 0 N–H and O–H groups in total. The highest BCUT2D eigenvalue weighted by Gasteiger charge is 2.49. The minimum Gasteiger partial charge on any atom is -0.368 e. The van der Waals surface area contributed by atoms with E-state index in [0.29, 0.717) is 18.0 Å². The highest BCUT2D eigenvalue weighted by atomic mass is 16.2. The number of piperidine rings is 1. The van der Waals surface area contributed by atoms with E-state index in [1.54, 1.807) is 6.20 Å². The highest BCUT2D eigenvalue weighted by Crippen LogP contribution is 2.42. The third-order valence-electron chi connectivity index (χ3n) is 6.05. The van der Waals surface area contributed by atoms with Gasteiger partial charge in [0, 0.05) is 37.1 Å². The first-order valence-electron chi connectivity index (χ1n) is 10.5. The molecule has 152 valence electrons. The Labute approximate surface area is 173 Å². The number of hydrogen-bond donors (Lipinski definition) is 0. The van der Waals surface area contributed by atoms with Crippen LogP contribution in [-0.2, 0) is 11.2 Å². The molecule has 1 unspecified atom stereocenters. The minimum atomic E-state index is -0.215. The van der Waals surface area contributed by atoms with Gasteiger partial charge in [-0.3, -0.25) is 9.78 Å². The van der Waals surface area contributed by atoms with Crippen molar-refractivity contribution in [2.24, 2.45) is 5.92 Å². The van der Waals surface area contributed by atoms with Gasteiger partial charge in [0.1, 0.15) is 12.5 Å². The lowest BCUT2D eigenvalue weighted by Gasteiger charge is -2.57. The number of hydrogen-bond acceptors (Lipinski definition) is 5. The van der Waals surface area contributed by atoms with E-state index in [1.165, 1.54) is 0 Å². The number of aromatic nitrogens is 1. The molecule has 0 saturated carbocycles. The highest BCUT2D eigenvalue weighted by molar-refractivity contribution is 5.81. The first-order chi connectivity index (χ1) is 14.0. The van der Waals surface area contributed by atoms with Crippen molar-refractivity contribution in [1.29, 1.82) is 10.5 Å². The lowest BCUT2D eigenvalue weighted by atomic mass is 9.77. The molecule has 3 rings (SSSR count). The molecule has 1 aromatic heterocycles. The van der Waals surface area contributed by atoms with Crippen LogP contribution in [0.3, 0.4) is 0 Å². The first kappa shape index (κ1) is 20.9. The Hall–Kier alpha value is -2.86. The number of nitriles is 2. The third-order valence-corrected chi connectivity index (χ3v) is 6.05. The van der Waals surface area contributed by atoms with E-state index in [1.807, 2.05) is 11.0 Å². The van der Waals surface area contributed by atoms with E-state index in [0.717, 1.165) is 55.7 Å². The predicted molar refractivity (Wildman–Crippen MR) is 113 cm³/mol. The van der Waals surface area contributed by atoms with Gasteiger partial charge in [0.15, 0.2) is 0 Å². The molecular formula is C23H29N5O. The topological polar surface area (TPSA) is 84.0 Å². The van der Waals surface area contributed by atoms with Gasteiger partial charge in [-0.25, -0.2) is 0 Å². The van der Waals surface area contributed by atoms with Crippen molar-refractivity contribution in [3.63, 3.8) is 0 Å². The largest absolute Gasteiger partial charge is 0.368 e. The van der Waals surface area contributed by atoms with Gasteiger partial charge in [-0.1, -0.05) is 32.9 Å². The molecule has 29 heavy (non-hydrogen) atoms. The molecule has 2 aliphatic heterocycles. The van der Waals surface area contributed by atoms with Crippen LogP contribution >= 0.6 is 0 Å². The zero-order valence-electron chi connectivity index (χ0n) is 17.6. The number of pyridine rings is 1. The Kier molecular flexibility index (Phi) is 6.23. The molecule has 6 heteroatoms. The molecule has 2 saturated heterocycles. The number of anilines is 1. The Morgan fingerprint density at radius 2 is 2.14 bits per heavy atom. The normalized spacial score (nSPS) is 21.3. The number of likely N-dealkylation sites (tertiary alicyclic amines) is 1. The van der Waals surface area contributed by atoms with Crippen LogP contribution in [0.2, 0.25) is 0 Å². The summed E-state index contributed by atoms with van der Waals surface area (Å²) in [5.74, 6) is 0.321. The standard InChI is InChI=1S/C23H29N5O/c1-4-20-19(7-6-17(2)3)22(18(14-25)15-26-20)27-12-5-9-23(16-27)10-13-28(23)21(29)8-11-24/h6-7,15,17H,4-5,8-10,12-13,16H2,1-3H3/b7-6-. The summed E-state index contributed by atoms with van der Waals surface area (Å²) < 4.78 is 0. The van der Waals surface area contributed by atoms with E-state index in [9.17, 15) is 10.1 Å². The lowest BCUT2D eigenvalue weighted by Crippen LogP contribution is -2.68. The number of aryl methyl sites for hydroxylation is 1. The third kappa shape index (κ3) is 3.98. The summed E-state index contributed by atoms with van der Waals surface area (Å²) in [7, 11) is 0. The quantitative estimate of drug-likeness (QED) is 0.765. The van der Waals surface area contributed by atoms with E-state index < -0.39 is 0 Å². The maximum absolute atomic E-state index is 12.4. The second-order valence-electron chi connectivity index (χ2n) is 8.33. The molecular weight excluding hydrogens is 362 g/mol. The van der Waals surface area contributed by atoms with Crippen LogP contribution in [0.25, 0.3) is 6.08 Å². The van der Waals surface area contributed by atoms with Gasteiger partial charge >= 0.3 is 0 Å². The summed E-state index contributed by atoms with van der Waals surface area (Å²) in [4.78, 5) is 21.1. The number of amides is 1. The van der Waals surface area contributed by atoms with Gasteiger partial charge < -0.3 is 9.80 Å². The molecule has 0 bridgehead atoms. The van der Waals surface area contributed by atoms with E-state index in [4.69, 9.17) is 5.26 Å². The van der Waals surface area contributed by atoms with Crippen molar-refractivity contribution in [1.82, 2.24) is 9.88 Å². The van der Waals surface area contributed by atoms with Gasteiger partial charge in [0.2, 0.25) is 5.91 Å². The Balaban J connectivity index is 2.00. The smallest absolute Gasteiger partial charge is 0.237 e. The second-order valence-corrected chi connectivity index (χ2v) is 8.33. The number of carbonyl (C=O) groups is 1. The van der Waals surface area contributed by atoms with Crippen LogP contribution < -0.4 is 4.90 Å². The Morgan fingerprint density at radius 1 is 1.34 bits per heavy atom. The summed E-state index contributed by atoms with van der Waals surface area (Å²) in [5, 5.41) is 18.7. The first-order valence-corrected chi connectivity index (χ1v) is 10.5. The molecule has 1 amide bonds. The van der Waals surface area contributed by atoms with Crippen molar-refractivity contribution in [3.8, 4) is 12.1 Å². The molecule has 0 aliphatic carbocycles. The monoisotopic (exact) mass is 391 g/mol. The average Bonchev–Trinajstić information content (AvgIpc) is 2.70. The summed E-state index contributed by atoms with van der Waals surface area (Å²) in [6.07, 6.45) is 9.52. The van der Waals surface area contributed by atoms with Crippen LogP contribution in [0.15, 0.2) is 12.3 Å². The van der Waals surface area contributed by atoms with Crippen molar-refractivity contribution >= 4 is 17.7 Å². The van der Waals surface area contributed by atoms with Crippen LogP contribution in [0.1, 0.15) is 63.3 Å². The van der Waals surface area contributed by atoms with Crippen LogP contribution in [-0.4, -0.2) is 41.0 Å². The average molecular weight is 392 g/mol. The molecule has 2 aliphatic rings. The van der Waals surface area contributed by atoms with Crippen molar-refractivity contribution in [2.75, 3.05) is 24.5 Å². The van der Waals surface area contributed by atoms with Gasteiger partial charge in [-0.05, 0) is 31.6 Å². The van der Waals surface area contributed by atoms with E-state index >= 15 is 0 Å². The van der Waals surface area contributed by atoms with Crippen molar-refractivity contribution in [3.05, 3.63) is 29.1 Å². The molecule has 1 aromatic rings. The number of allylic oxidation sites excluding steroid dienone is 1. The van der Waals surface area contributed by atoms with Gasteiger partial charge in [-0.2, -0.15) is 10.5 Å². The maximum Gasteiger partial charge on any atom is 0.237 e. The predicted octanol–water partition coefficient (Wildman–Crippen LogP) is 3.67. The van der Waals surface area contributed by atoms with Gasteiger partial charge in [0.25, 0.3) is 0 Å². The van der Waals surface area contributed by atoms with Crippen LogP contribution in [0.4, 0.5) is 5.69 Å². The molecule has 6 nitrogen and oxygen atoms in total. The SMILES string of the molecule is CCc1ncc(C#N)c(N2CCCC3(CCN3C(=O)CC#N)C2)c1/C=C\C(C)C. The van der Waals surface area contributed by atoms with Crippen LogP contribution in [0, 0.1) is 28.6 Å². The van der Waals surface area contributed by atoms with Gasteiger partial charge in [0.05, 0.1) is 22.9 Å². The molecule has 3 heterocycles. The fourth-order valence-electron chi connectivity index (χ4n) is 4.54. The number of carbonyl (C=O) groups excluding carboxylic acids is 1. The van der Waals surface area contributed by atoms with E-state index in [2.05, 4.69) is 48.9 Å². The second kappa shape index (κ2) is 8.66. The fourth-order valence-corrected chi connectivity index (χ4v) is 4.54.